The summed E-state index contributed by atoms with van der Waals surface area (Å²) < 4.78 is 40.2. The van der Waals surface area contributed by atoms with Crippen LogP contribution in [0.4, 0.5) is 10.1 Å². The fourth-order valence-electron chi connectivity index (χ4n) is 4.16. The molecule has 0 radical (unpaired) electrons. The van der Waals surface area contributed by atoms with E-state index in [1.807, 2.05) is 24.3 Å². The van der Waals surface area contributed by atoms with Crippen LogP contribution in [-0.2, 0) is 26.2 Å². The van der Waals surface area contributed by atoms with Gasteiger partial charge in [-0.25, -0.2) is 12.8 Å². The molecule has 1 aliphatic carbocycles. The minimum Gasteiger partial charge on any atom is -0.352 e. The van der Waals surface area contributed by atoms with Crippen molar-refractivity contribution in [2.45, 2.75) is 57.7 Å². The van der Waals surface area contributed by atoms with E-state index in [2.05, 4.69) is 21.2 Å². The monoisotopic (exact) mass is 567 g/mol. The molecule has 1 aliphatic rings. The summed E-state index contributed by atoms with van der Waals surface area (Å²) in [5.41, 5.74) is 0.969. The van der Waals surface area contributed by atoms with Crippen molar-refractivity contribution in [2.24, 2.45) is 0 Å². The van der Waals surface area contributed by atoms with E-state index in [0.717, 1.165) is 64.8 Å². The lowest BCUT2D eigenvalue weighted by Crippen LogP contribution is -2.52. The molecule has 1 saturated carbocycles. The first-order valence-electron chi connectivity index (χ1n) is 11.6. The van der Waals surface area contributed by atoms with Crippen molar-refractivity contribution in [3.05, 3.63) is 64.4 Å². The van der Waals surface area contributed by atoms with Crippen LogP contribution in [0.2, 0.25) is 0 Å². The van der Waals surface area contributed by atoms with Gasteiger partial charge in [-0.3, -0.25) is 13.9 Å². The predicted octanol–water partition coefficient (Wildman–Crippen LogP) is 4.22. The van der Waals surface area contributed by atoms with Crippen molar-refractivity contribution in [3.8, 4) is 0 Å². The zero-order chi connectivity index (χ0) is 25.6. The number of benzene rings is 2. The van der Waals surface area contributed by atoms with Crippen molar-refractivity contribution < 1.29 is 22.4 Å². The number of nitrogens with one attached hydrogen (secondary N) is 1. The molecule has 2 aromatic carbocycles. The molecule has 10 heteroatoms. The highest BCUT2D eigenvalue weighted by Crippen LogP contribution is 2.21. The highest BCUT2D eigenvalue weighted by atomic mass is 79.9. The third-order valence-corrected chi connectivity index (χ3v) is 7.85. The molecule has 35 heavy (non-hydrogen) atoms. The van der Waals surface area contributed by atoms with Gasteiger partial charge in [0.05, 0.1) is 11.9 Å². The van der Waals surface area contributed by atoms with Gasteiger partial charge >= 0.3 is 0 Å². The highest BCUT2D eigenvalue weighted by molar-refractivity contribution is 9.10. The van der Waals surface area contributed by atoms with Gasteiger partial charge in [0.15, 0.2) is 0 Å². The number of hydrogen-bond acceptors (Lipinski definition) is 4. The van der Waals surface area contributed by atoms with E-state index in [0.29, 0.717) is 0 Å². The summed E-state index contributed by atoms with van der Waals surface area (Å²) in [6.45, 7) is 1.27. The van der Waals surface area contributed by atoms with Gasteiger partial charge in [0.1, 0.15) is 18.4 Å². The second kappa shape index (κ2) is 12.0. The van der Waals surface area contributed by atoms with Crippen molar-refractivity contribution >= 4 is 43.5 Å². The molecule has 2 aromatic rings. The van der Waals surface area contributed by atoms with Gasteiger partial charge in [-0.05, 0) is 61.7 Å². The number of sulfonamides is 1. The first kappa shape index (κ1) is 27.1. The fourth-order valence-corrected chi connectivity index (χ4v) is 5.27. The quantitative estimate of drug-likeness (QED) is 0.491. The van der Waals surface area contributed by atoms with E-state index < -0.39 is 34.3 Å². The fraction of sp³-hybridized carbons (Fsp3) is 0.440. The maximum absolute atomic E-state index is 13.5. The SMILES string of the molecule is C[C@H](C(=O)NC1CCCCC1)N(Cc1ccc(Br)cc1)C(=O)CN(c1ccc(F)cc1)S(C)(=O)=O. The van der Waals surface area contributed by atoms with E-state index in [1.165, 1.54) is 17.0 Å². The van der Waals surface area contributed by atoms with Crippen LogP contribution in [0.15, 0.2) is 53.0 Å². The van der Waals surface area contributed by atoms with Gasteiger partial charge in [-0.15, -0.1) is 0 Å². The van der Waals surface area contributed by atoms with Crippen LogP contribution < -0.4 is 9.62 Å². The maximum atomic E-state index is 13.5. The molecule has 0 aromatic heterocycles. The van der Waals surface area contributed by atoms with Crippen LogP contribution in [0.1, 0.15) is 44.6 Å². The summed E-state index contributed by atoms with van der Waals surface area (Å²) in [5.74, 6) is -1.32. The first-order valence-corrected chi connectivity index (χ1v) is 14.3. The largest absolute Gasteiger partial charge is 0.352 e. The van der Waals surface area contributed by atoms with E-state index >= 15 is 0 Å². The van der Waals surface area contributed by atoms with Gasteiger partial charge in [0, 0.05) is 17.1 Å². The Morgan fingerprint density at radius 3 is 2.23 bits per heavy atom. The molecule has 1 atom stereocenters. The molecule has 2 amide bonds. The van der Waals surface area contributed by atoms with Gasteiger partial charge in [0.25, 0.3) is 0 Å². The molecule has 7 nitrogen and oxygen atoms in total. The van der Waals surface area contributed by atoms with E-state index in [4.69, 9.17) is 0 Å². The number of carbonyl (C=O) groups excluding carboxylic acids is 2. The summed E-state index contributed by atoms with van der Waals surface area (Å²) in [4.78, 5) is 28.0. The average Bonchev–Trinajstić information content (AvgIpc) is 2.82. The summed E-state index contributed by atoms with van der Waals surface area (Å²) in [7, 11) is -3.85. The second-order valence-electron chi connectivity index (χ2n) is 8.91. The summed E-state index contributed by atoms with van der Waals surface area (Å²) in [6, 6.07) is 11.5. The Morgan fingerprint density at radius 2 is 1.66 bits per heavy atom. The molecule has 0 saturated heterocycles. The Labute approximate surface area is 214 Å². The van der Waals surface area contributed by atoms with Crippen LogP contribution >= 0.6 is 15.9 Å². The third-order valence-electron chi connectivity index (χ3n) is 6.18. The zero-order valence-corrected chi connectivity index (χ0v) is 22.3. The number of hydrogen-bond donors (Lipinski definition) is 1. The van der Waals surface area contributed by atoms with Crippen molar-refractivity contribution in [1.82, 2.24) is 10.2 Å². The van der Waals surface area contributed by atoms with Gasteiger partial charge in [-0.1, -0.05) is 47.3 Å². The molecule has 1 N–H and O–H groups in total. The molecule has 3 rings (SSSR count). The first-order chi connectivity index (χ1) is 16.5. The lowest BCUT2D eigenvalue weighted by molar-refractivity contribution is -0.139. The number of rotatable bonds is 9. The topological polar surface area (TPSA) is 86.8 Å². The number of halogens is 2. The Bertz CT molecular complexity index is 1120. The summed E-state index contributed by atoms with van der Waals surface area (Å²) >= 11 is 3.39. The number of nitrogens with zero attached hydrogens (tertiary/aromatic N) is 2. The van der Waals surface area contributed by atoms with Gasteiger partial charge < -0.3 is 10.2 Å². The number of anilines is 1. The highest BCUT2D eigenvalue weighted by Gasteiger charge is 2.31. The smallest absolute Gasteiger partial charge is 0.244 e. The molecule has 0 unspecified atom stereocenters. The van der Waals surface area contributed by atoms with Gasteiger partial charge in [0.2, 0.25) is 21.8 Å². The molecule has 0 aliphatic heterocycles. The number of amides is 2. The van der Waals surface area contributed by atoms with Crippen LogP contribution in [0.3, 0.4) is 0 Å². The Balaban J connectivity index is 1.85. The van der Waals surface area contributed by atoms with Crippen LogP contribution in [0.25, 0.3) is 0 Å². The predicted molar refractivity (Wildman–Crippen MR) is 138 cm³/mol. The van der Waals surface area contributed by atoms with E-state index in [9.17, 15) is 22.4 Å². The van der Waals surface area contributed by atoms with Gasteiger partial charge in [-0.2, -0.15) is 0 Å². The number of carbonyl (C=O) groups is 2. The minimum atomic E-state index is -3.85. The van der Waals surface area contributed by atoms with E-state index in [-0.39, 0.29) is 24.2 Å². The molecule has 1 fully saturated rings. The lowest BCUT2D eigenvalue weighted by Gasteiger charge is -2.33. The second-order valence-corrected chi connectivity index (χ2v) is 11.7. The standard InChI is InChI=1S/C25H31BrFN3O4S/c1-18(25(32)28-22-6-4-3-5-7-22)29(16-19-8-10-20(26)11-9-19)24(31)17-30(35(2,33)34)23-14-12-21(27)13-15-23/h8-15,18,22H,3-7,16-17H2,1-2H3,(H,28,32)/t18-/m1/s1. The Hall–Kier alpha value is -2.46. The van der Waals surface area contributed by atoms with Crippen LogP contribution in [-0.4, -0.2) is 50.0 Å². The van der Waals surface area contributed by atoms with Crippen molar-refractivity contribution in [1.29, 1.82) is 0 Å². The average molecular weight is 569 g/mol. The van der Waals surface area contributed by atoms with Crippen molar-refractivity contribution in [2.75, 3.05) is 17.1 Å². The molecular weight excluding hydrogens is 537 g/mol. The molecule has 0 spiro atoms. The van der Waals surface area contributed by atoms with Crippen molar-refractivity contribution in [3.63, 3.8) is 0 Å². The third kappa shape index (κ3) is 7.76. The van der Waals surface area contributed by atoms with E-state index in [1.54, 1.807) is 6.92 Å². The normalized spacial score (nSPS) is 15.3. The Morgan fingerprint density at radius 1 is 1.06 bits per heavy atom. The Kier molecular flexibility index (Phi) is 9.29. The van der Waals surface area contributed by atoms with Crippen LogP contribution in [0.5, 0.6) is 0 Å². The molecule has 0 heterocycles. The lowest BCUT2D eigenvalue weighted by atomic mass is 9.95. The summed E-state index contributed by atoms with van der Waals surface area (Å²) in [5, 5.41) is 3.06. The molecule has 190 valence electrons. The maximum Gasteiger partial charge on any atom is 0.244 e. The zero-order valence-electron chi connectivity index (χ0n) is 19.9. The minimum absolute atomic E-state index is 0.0788. The molecule has 0 bridgehead atoms. The molecular formula is C25H31BrFN3O4S. The van der Waals surface area contributed by atoms with Crippen LogP contribution in [0, 0.1) is 5.82 Å². The summed E-state index contributed by atoms with van der Waals surface area (Å²) in [6.07, 6.45) is 6.07.